The Morgan fingerprint density at radius 3 is 2.11 bits per heavy atom. The fourth-order valence-electron chi connectivity index (χ4n) is 0.789. The van der Waals surface area contributed by atoms with Crippen LogP contribution in [-0.4, -0.2) is 71.0 Å². The molecule has 0 aromatic rings. The third-order valence-corrected chi connectivity index (χ3v) is 2.94. The Morgan fingerprint density at radius 2 is 1.79 bits per heavy atom. The summed E-state index contributed by atoms with van der Waals surface area (Å²) in [7, 11) is 0.229. The Labute approximate surface area is 115 Å². The van der Waals surface area contributed by atoms with E-state index in [1.54, 1.807) is 14.2 Å². The summed E-state index contributed by atoms with van der Waals surface area (Å²) in [6.07, 6.45) is 1.15. The average molecular weight is 296 g/mol. The molecule has 114 valence electrons. The first-order valence-corrected chi connectivity index (χ1v) is 7.79. The average Bonchev–Trinajstić information content (AvgIpc) is 2.25. The van der Waals surface area contributed by atoms with Crippen molar-refractivity contribution in [3.05, 3.63) is 0 Å². The summed E-state index contributed by atoms with van der Waals surface area (Å²) >= 11 is 0. The summed E-state index contributed by atoms with van der Waals surface area (Å²) in [4.78, 5) is 22.1. The van der Waals surface area contributed by atoms with Gasteiger partial charge in [-0.05, 0) is 0 Å². The molecule has 0 saturated heterocycles. The molecule has 19 heavy (non-hydrogen) atoms. The lowest BCUT2D eigenvalue weighted by molar-refractivity contribution is -0.127. The molecule has 0 spiro atoms. The van der Waals surface area contributed by atoms with Crippen LogP contribution in [-0.2, 0) is 24.2 Å². The fourth-order valence-corrected chi connectivity index (χ4v) is 1.39. The molecule has 2 amide bonds. The Balaban J connectivity index is 0. The molecule has 1 N–H and O–H groups in total. The van der Waals surface area contributed by atoms with E-state index >= 15 is 0 Å². The van der Waals surface area contributed by atoms with Crippen molar-refractivity contribution in [3.63, 3.8) is 0 Å². The van der Waals surface area contributed by atoms with Gasteiger partial charge in [0.15, 0.2) is 0 Å². The van der Waals surface area contributed by atoms with Crippen LogP contribution in [0.5, 0.6) is 0 Å². The predicted molar refractivity (Wildman–Crippen MR) is 73.6 cm³/mol. The van der Waals surface area contributed by atoms with E-state index in [9.17, 15) is 18.0 Å². The van der Waals surface area contributed by atoms with E-state index in [4.69, 9.17) is 0 Å². The van der Waals surface area contributed by atoms with Crippen LogP contribution < -0.4 is 5.32 Å². The van der Waals surface area contributed by atoms with E-state index in [0.29, 0.717) is 13.2 Å². The summed E-state index contributed by atoms with van der Waals surface area (Å²) < 4.78 is 25.9. The third kappa shape index (κ3) is 19.4. The van der Waals surface area contributed by atoms with Gasteiger partial charge in [-0.15, -0.1) is 0 Å². The van der Waals surface area contributed by atoms with Crippen molar-refractivity contribution >= 4 is 21.7 Å². The number of carbonyl (C=O) groups is 2. The highest BCUT2D eigenvalue weighted by Gasteiger charge is 2.06. The van der Waals surface area contributed by atoms with E-state index in [1.807, 2.05) is 0 Å². The molecule has 0 unspecified atom stereocenters. The van der Waals surface area contributed by atoms with Gasteiger partial charge in [0.25, 0.3) is 0 Å². The standard InChI is InChI=1S/C6H13NO3S.C5H11NO2/c1-6(8)7(2)4-5-11(3,9)10;1-5(7)6-3-4-8-2/h4-5H2,1-3H3;3-4H2,1-2H3,(H,6,7). The summed E-state index contributed by atoms with van der Waals surface area (Å²) in [6, 6.07) is 0. The minimum atomic E-state index is -2.95. The topological polar surface area (TPSA) is 92.8 Å². The normalized spacial score (nSPS) is 10.2. The minimum Gasteiger partial charge on any atom is -0.383 e. The van der Waals surface area contributed by atoms with Gasteiger partial charge in [-0.2, -0.15) is 0 Å². The summed E-state index contributed by atoms with van der Waals surface area (Å²) in [5.41, 5.74) is 0. The second kappa shape index (κ2) is 10.7. The Kier molecular flexibility index (Phi) is 11.4. The van der Waals surface area contributed by atoms with Crippen LogP contribution >= 0.6 is 0 Å². The van der Waals surface area contributed by atoms with Gasteiger partial charge >= 0.3 is 0 Å². The number of ether oxygens (including phenoxy) is 1. The van der Waals surface area contributed by atoms with Crippen molar-refractivity contribution in [3.8, 4) is 0 Å². The van der Waals surface area contributed by atoms with Gasteiger partial charge in [-0.25, -0.2) is 8.42 Å². The first-order valence-electron chi connectivity index (χ1n) is 5.73. The molecule has 0 atom stereocenters. The van der Waals surface area contributed by atoms with Gasteiger partial charge in [-0.3, -0.25) is 9.59 Å². The SMILES string of the molecule is CC(=O)N(C)CCS(C)(=O)=O.COCCNC(C)=O. The maximum atomic E-state index is 10.6. The lowest BCUT2D eigenvalue weighted by Crippen LogP contribution is -2.29. The Hall–Kier alpha value is -1.15. The maximum absolute atomic E-state index is 10.6. The van der Waals surface area contributed by atoms with Gasteiger partial charge in [0.05, 0.1) is 12.4 Å². The molecule has 0 aromatic carbocycles. The highest BCUT2D eigenvalue weighted by molar-refractivity contribution is 7.90. The van der Waals surface area contributed by atoms with Gasteiger partial charge in [0.1, 0.15) is 9.84 Å². The first kappa shape index (κ1) is 20.2. The summed E-state index contributed by atoms with van der Waals surface area (Å²) in [5.74, 6) is -0.0981. The molecule has 0 aliphatic heterocycles. The fraction of sp³-hybridized carbons (Fsp3) is 0.818. The Morgan fingerprint density at radius 1 is 1.26 bits per heavy atom. The number of sulfone groups is 1. The van der Waals surface area contributed by atoms with Crippen LogP contribution in [0.2, 0.25) is 0 Å². The quantitative estimate of drug-likeness (QED) is 0.653. The summed E-state index contributed by atoms with van der Waals surface area (Å²) in [5, 5.41) is 2.58. The molecular weight excluding hydrogens is 272 g/mol. The number of methoxy groups -OCH3 is 1. The van der Waals surface area contributed by atoms with Crippen molar-refractivity contribution in [1.29, 1.82) is 0 Å². The predicted octanol–water partition coefficient (Wildman–Crippen LogP) is -0.722. The molecule has 0 aliphatic rings. The number of rotatable bonds is 6. The molecule has 0 bridgehead atoms. The molecule has 0 fully saturated rings. The van der Waals surface area contributed by atoms with Crippen LogP contribution in [0.3, 0.4) is 0 Å². The van der Waals surface area contributed by atoms with Crippen LogP contribution in [0.15, 0.2) is 0 Å². The first-order chi connectivity index (χ1) is 8.60. The van der Waals surface area contributed by atoms with Crippen molar-refractivity contribution in [2.75, 3.05) is 45.9 Å². The van der Waals surface area contributed by atoms with E-state index in [1.165, 1.54) is 18.7 Å². The number of nitrogens with zero attached hydrogens (tertiary/aromatic N) is 1. The smallest absolute Gasteiger partial charge is 0.219 e. The van der Waals surface area contributed by atoms with Gasteiger partial charge in [-0.1, -0.05) is 0 Å². The highest BCUT2D eigenvalue weighted by Crippen LogP contribution is 1.87. The molecule has 7 nitrogen and oxygen atoms in total. The van der Waals surface area contributed by atoms with Crippen LogP contribution in [0.4, 0.5) is 0 Å². The van der Waals surface area contributed by atoms with Crippen LogP contribution in [0.25, 0.3) is 0 Å². The zero-order valence-electron chi connectivity index (χ0n) is 12.2. The number of hydrogen-bond acceptors (Lipinski definition) is 5. The lowest BCUT2D eigenvalue weighted by atomic mass is 10.5. The molecule has 0 aliphatic carbocycles. The van der Waals surface area contributed by atoms with E-state index < -0.39 is 9.84 Å². The van der Waals surface area contributed by atoms with Gasteiger partial charge in [0, 0.05) is 47.4 Å². The van der Waals surface area contributed by atoms with Crippen molar-refractivity contribution < 1.29 is 22.7 Å². The minimum absolute atomic E-state index is 0.0120. The van der Waals surface area contributed by atoms with E-state index in [-0.39, 0.29) is 24.1 Å². The zero-order valence-corrected chi connectivity index (χ0v) is 13.0. The van der Waals surface area contributed by atoms with E-state index in [0.717, 1.165) is 6.26 Å². The molecule has 0 heterocycles. The monoisotopic (exact) mass is 296 g/mol. The van der Waals surface area contributed by atoms with Gasteiger partial charge in [0.2, 0.25) is 11.8 Å². The molecule has 8 heteroatoms. The third-order valence-electron chi connectivity index (χ3n) is 2.02. The zero-order chi connectivity index (χ0) is 15.5. The second-order valence-electron chi connectivity index (χ2n) is 4.05. The number of carbonyl (C=O) groups excluding carboxylic acids is 2. The number of nitrogens with one attached hydrogen (secondary N) is 1. The van der Waals surface area contributed by atoms with Gasteiger partial charge < -0.3 is 15.0 Å². The second-order valence-corrected chi connectivity index (χ2v) is 6.31. The lowest BCUT2D eigenvalue weighted by Gasteiger charge is -2.12. The van der Waals surface area contributed by atoms with Crippen LogP contribution in [0.1, 0.15) is 13.8 Å². The molecule has 0 radical (unpaired) electrons. The largest absolute Gasteiger partial charge is 0.383 e. The molecule has 0 aromatic heterocycles. The number of amides is 2. The Bertz CT molecular complexity index is 367. The molecule has 0 rings (SSSR count). The number of hydrogen-bond donors (Lipinski definition) is 1. The van der Waals surface area contributed by atoms with Crippen molar-refractivity contribution in [2.24, 2.45) is 0 Å². The van der Waals surface area contributed by atoms with E-state index in [2.05, 4.69) is 10.1 Å². The van der Waals surface area contributed by atoms with Crippen molar-refractivity contribution in [2.45, 2.75) is 13.8 Å². The van der Waals surface area contributed by atoms with Crippen molar-refractivity contribution in [1.82, 2.24) is 10.2 Å². The summed E-state index contributed by atoms with van der Waals surface area (Å²) in [6.45, 7) is 4.34. The molecular formula is C11H24N2O5S. The van der Waals surface area contributed by atoms with Crippen LogP contribution in [0, 0.1) is 0 Å². The molecule has 0 saturated carbocycles. The highest BCUT2D eigenvalue weighted by atomic mass is 32.2. The maximum Gasteiger partial charge on any atom is 0.219 e.